The lowest BCUT2D eigenvalue weighted by Gasteiger charge is -2.15. The van der Waals surface area contributed by atoms with Crippen molar-refractivity contribution in [2.45, 2.75) is 32.6 Å². The van der Waals surface area contributed by atoms with Crippen LogP contribution in [0.2, 0.25) is 0 Å². The SMILES string of the molecule is C=CN=Cc1ccc(CCc2cc(CCc3ccc(-c4nccn4-c4ccccc4)cc3)cc(-c3ccccc3-c3ccc(-c4cc(-c5ccc(-c6ccccc6)cc5)c(C)cn4)cc3)c2)cc1. The van der Waals surface area contributed by atoms with Crippen LogP contribution in [0.4, 0.5) is 0 Å². The average molecular weight is 877 g/mol. The summed E-state index contributed by atoms with van der Waals surface area (Å²) in [4.78, 5) is 13.8. The molecule has 10 rings (SSSR count). The second-order valence-corrected chi connectivity index (χ2v) is 17.3. The summed E-state index contributed by atoms with van der Waals surface area (Å²) in [5.41, 5.74) is 21.4. The van der Waals surface area contributed by atoms with E-state index in [1.54, 1.807) is 6.20 Å². The fourth-order valence-electron chi connectivity index (χ4n) is 9.10. The Bertz CT molecular complexity index is 3310. The molecule has 0 radical (unpaired) electrons. The van der Waals surface area contributed by atoms with Crippen LogP contribution in [0.1, 0.15) is 33.4 Å². The van der Waals surface area contributed by atoms with Crippen LogP contribution in [0, 0.1) is 6.92 Å². The molecule has 328 valence electrons. The Balaban J connectivity index is 0.913. The van der Waals surface area contributed by atoms with Crippen molar-refractivity contribution in [3.8, 4) is 72.8 Å². The number of aliphatic imine (C=N–C) groups is 1. The Hall–Kier alpha value is -8.47. The van der Waals surface area contributed by atoms with Crippen molar-refractivity contribution in [2.24, 2.45) is 4.99 Å². The number of benzene rings is 8. The predicted molar refractivity (Wildman–Crippen MR) is 284 cm³/mol. The smallest absolute Gasteiger partial charge is 0.144 e. The van der Waals surface area contributed by atoms with Crippen molar-refractivity contribution < 1.29 is 0 Å². The van der Waals surface area contributed by atoms with Crippen LogP contribution in [-0.2, 0) is 25.7 Å². The maximum Gasteiger partial charge on any atom is 0.144 e. The van der Waals surface area contributed by atoms with Gasteiger partial charge in [0.25, 0.3) is 0 Å². The molecule has 4 nitrogen and oxygen atoms in total. The highest BCUT2D eigenvalue weighted by molar-refractivity contribution is 5.85. The minimum absolute atomic E-state index is 0.926. The van der Waals surface area contributed by atoms with Crippen molar-refractivity contribution in [3.05, 3.63) is 271 Å². The van der Waals surface area contributed by atoms with Crippen molar-refractivity contribution >= 4 is 6.21 Å². The summed E-state index contributed by atoms with van der Waals surface area (Å²) in [5.74, 6) is 0.940. The summed E-state index contributed by atoms with van der Waals surface area (Å²) in [5, 5.41) is 0. The fraction of sp³-hybridized carbons (Fsp3) is 0.0781. The van der Waals surface area contributed by atoms with E-state index in [9.17, 15) is 0 Å². The van der Waals surface area contributed by atoms with E-state index in [-0.39, 0.29) is 0 Å². The van der Waals surface area contributed by atoms with Gasteiger partial charge in [-0.1, -0.05) is 195 Å². The first-order valence-corrected chi connectivity index (χ1v) is 23.4. The Kier molecular flexibility index (Phi) is 13.0. The van der Waals surface area contributed by atoms with Gasteiger partial charge in [0.05, 0.1) is 5.69 Å². The molecule has 8 aromatic carbocycles. The van der Waals surface area contributed by atoms with Crippen LogP contribution in [-0.4, -0.2) is 20.7 Å². The Morgan fingerprint density at radius 3 is 1.62 bits per heavy atom. The van der Waals surface area contributed by atoms with Gasteiger partial charge in [-0.3, -0.25) is 14.5 Å². The highest BCUT2D eigenvalue weighted by atomic mass is 15.1. The van der Waals surface area contributed by atoms with Gasteiger partial charge in [0.1, 0.15) is 5.82 Å². The maximum atomic E-state index is 4.90. The summed E-state index contributed by atoms with van der Waals surface area (Å²) in [7, 11) is 0. The van der Waals surface area contributed by atoms with Crippen molar-refractivity contribution in [1.29, 1.82) is 0 Å². The lowest BCUT2D eigenvalue weighted by molar-refractivity contribution is 0.931. The minimum Gasteiger partial charge on any atom is -0.300 e. The third-order valence-corrected chi connectivity index (χ3v) is 12.8. The van der Waals surface area contributed by atoms with Gasteiger partial charge in [0, 0.05) is 47.8 Å². The average Bonchev–Trinajstić information content (AvgIpc) is 3.91. The largest absolute Gasteiger partial charge is 0.300 e. The lowest BCUT2D eigenvalue weighted by Crippen LogP contribution is -1.98. The van der Waals surface area contributed by atoms with E-state index in [0.717, 1.165) is 65.1 Å². The first-order valence-electron chi connectivity index (χ1n) is 23.4. The molecule has 0 spiro atoms. The first kappa shape index (κ1) is 43.4. The molecule has 2 aromatic heterocycles. The predicted octanol–water partition coefficient (Wildman–Crippen LogP) is 15.7. The highest BCUT2D eigenvalue weighted by Gasteiger charge is 2.14. The van der Waals surface area contributed by atoms with E-state index < -0.39 is 0 Å². The van der Waals surface area contributed by atoms with E-state index in [1.165, 1.54) is 66.8 Å². The van der Waals surface area contributed by atoms with Gasteiger partial charge in [-0.25, -0.2) is 4.98 Å². The number of imidazole rings is 1. The van der Waals surface area contributed by atoms with Gasteiger partial charge in [0.2, 0.25) is 0 Å². The van der Waals surface area contributed by atoms with E-state index in [4.69, 9.17) is 9.97 Å². The van der Waals surface area contributed by atoms with Crippen LogP contribution in [0.25, 0.3) is 72.8 Å². The van der Waals surface area contributed by atoms with Gasteiger partial charge in [0.15, 0.2) is 0 Å². The fourth-order valence-corrected chi connectivity index (χ4v) is 9.10. The zero-order valence-corrected chi connectivity index (χ0v) is 38.3. The molecule has 0 bridgehead atoms. The Labute approximate surface area is 400 Å². The highest BCUT2D eigenvalue weighted by Crippen LogP contribution is 2.36. The number of hydrogen-bond acceptors (Lipinski definition) is 3. The molecule has 0 aliphatic heterocycles. The van der Waals surface area contributed by atoms with Gasteiger partial charge in [-0.15, -0.1) is 0 Å². The lowest BCUT2D eigenvalue weighted by atomic mass is 9.90. The molecule has 0 saturated carbocycles. The van der Waals surface area contributed by atoms with E-state index >= 15 is 0 Å². The zero-order valence-electron chi connectivity index (χ0n) is 38.3. The van der Waals surface area contributed by atoms with Crippen LogP contribution < -0.4 is 0 Å². The number of para-hydroxylation sites is 1. The van der Waals surface area contributed by atoms with Crippen LogP contribution >= 0.6 is 0 Å². The summed E-state index contributed by atoms with van der Waals surface area (Å²) >= 11 is 0. The summed E-state index contributed by atoms with van der Waals surface area (Å²) in [6, 6.07) is 74.5. The topological polar surface area (TPSA) is 43.1 Å². The monoisotopic (exact) mass is 876 g/mol. The summed E-state index contributed by atoms with van der Waals surface area (Å²) in [6.07, 6.45) is 13.0. The molecule has 0 N–H and O–H groups in total. The third kappa shape index (κ3) is 10.0. The number of pyridine rings is 1. The molecular weight excluding hydrogens is 825 g/mol. The number of aryl methyl sites for hydroxylation is 5. The minimum atomic E-state index is 0.926. The zero-order chi connectivity index (χ0) is 46.1. The van der Waals surface area contributed by atoms with Gasteiger partial charge < -0.3 is 0 Å². The molecule has 0 unspecified atom stereocenters. The van der Waals surface area contributed by atoms with Gasteiger partial charge >= 0.3 is 0 Å². The molecular formula is C64H52N4. The van der Waals surface area contributed by atoms with E-state index in [1.807, 2.05) is 30.9 Å². The summed E-state index contributed by atoms with van der Waals surface area (Å²) in [6.45, 7) is 5.84. The molecule has 0 saturated heterocycles. The number of nitrogens with zero attached hydrogens (tertiary/aromatic N) is 4. The van der Waals surface area contributed by atoms with Crippen LogP contribution in [0.3, 0.4) is 0 Å². The van der Waals surface area contributed by atoms with Gasteiger partial charge in [-0.2, -0.15) is 0 Å². The molecule has 68 heavy (non-hydrogen) atoms. The number of hydrogen-bond donors (Lipinski definition) is 0. The van der Waals surface area contributed by atoms with Crippen molar-refractivity contribution in [3.63, 3.8) is 0 Å². The third-order valence-electron chi connectivity index (χ3n) is 12.8. The molecule has 0 aliphatic carbocycles. The van der Waals surface area contributed by atoms with Crippen LogP contribution in [0.15, 0.2) is 243 Å². The standard InChI is InChI=1S/C64H52N4/c1-3-65-45-49-22-18-47(19-23-49)20-24-50-40-51(25-21-48-26-28-57(29-27-48)64-66-38-39-68(64)59-14-8-5-9-15-59)42-58(41-50)61-17-11-10-16-60(61)54-34-36-56(37-35-54)63-43-62(46(2)44-67-63)55-32-30-53(31-33-55)52-12-6-4-7-13-52/h3-19,22-23,26-45H,1,20-21,24-25H2,2H3. The van der Waals surface area contributed by atoms with Crippen molar-refractivity contribution in [2.75, 3.05) is 0 Å². The van der Waals surface area contributed by atoms with Crippen LogP contribution in [0.5, 0.6) is 0 Å². The quantitative estimate of drug-likeness (QED) is 0.0963. The molecule has 0 amide bonds. The summed E-state index contributed by atoms with van der Waals surface area (Å²) < 4.78 is 2.14. The van der Waals surface area contributed by atoms with Crippen molar-refractivity contribution in [1.82, 2.24) is 14.5 Å². The molecule has 4 heteroatoms. The first-order chi connectivity index (χ1) is 33.5. The number of aromatic nitrogens is 3. The van der Waals surface area contributed by atoms with E-state index in [0.29, 0.717) is 0 Å². The Morgan fingerprint density at radius 1 is 0.456 bits per heavy atom. The second-order valence-electron chi connectivity index (χ2n) is 17.3. The second kappa shape index (κ2) is 20.4. The normalized spacial score (nSPS) is 11.2. The Morgan fingerprint density at radius 2 is 0.971 bits per heavy atom. The van der Waals surface area contributed by atoms with Gasteiger partial charge in [-0.05, 0) is 129 Å². The number of rotatable bonds is 15. The maximum absolute atomic E-state index is 4.90. The molecule has 10 aromatic rings. The molecule has 0 aliphatic rings. The van der Waals surface area contributed by atoms with E-state index in [2.05, 4.69) is 223 Å². The molecule has 2 heterocycles. The molecule has 0 atom stereocenters. The molecule has 0 fully saturated rings.